The predicted molar refractivity (Wildman–Crippen MR) is 148 cm³/mol. The topological polar surface area (TPSA) is 0 Å². The molecule has 0 bridgehead atoms. The minimum atomic E-state index is -2.03. The minimum Gasteiger partial charge on any atom is -0.0808 e. The van der Waals surface area contributed by atoms with Crippen LogP contribution in [0.1, 0.15) is 32.6 Å². The van der Waals surface area contributed by atoms with Crippen LogP contribution in [-0.4, -0.2) is 0 Å². The molecule has 33 heavy (non-hydrogen) atoms. The molecule has 0 N–H and O–H groups in total. The van der Waals surface area contributed by atoms with Crippen molar-refractivity contribution >= 4 is 33.9 Å². The molecule has 1 unspecified atom stereocenters. The van der Waals surface area contributed by atoms with Gasteiger partial charge in [0.2, 0.25) is 0 Å². The zero-order valence-corrected chi connectivity index (χ0v) is 20.3. The highest BCUT2D eigenvalue weighted by Crippen LogP contribution is 2.65. The molecule has 0 spiro atoms. The summed E-state index contributed by atoms with van der Waals surface area (Å²) < 4.78 is 0. The van der Waals surface area contributed by atoms with Gasteiger partial charge in [0, 0.05) is 11.8 Å². The quantitative estimate of drug-likeness (QED) is 0.254. The second-order valence-corrected chi connectivity index (χ2v) is 12.4. The molecule has 0 heterocycles. The first kappa shape index (κ1) is 21.9. The molecule has 0 radical (unpaired) electrons. The van der Waals surface area contributed by atoms with Crippen LogP contribution in [-0.2, 0) is 0 Å². The van der Waals surface area contributed by atoms with Crippen LogP contribution < -0.4 is 15.9 Å². The Morgan fingerprint density at radius 1 is 0.727 bits per heavy atom. The van der Waals surface area contributed by atoms with Crippen molar-refractivity contribution in [3.8, 4) is 0 Å². The molecule has 1 heteroatoms. The monoisotopic (exact) mass is 447 g/mol. The largest absolute Gasteiger partial charge is 0.140 e. The van der Waals surface area contributed by atoms with Gasteiger partial charge in [-0.1, -0.05) is 105 Å². The van der Waals surface area contributed by atoms with Crippen LogP contribution >= 0.6 is 7.26 Å². The van der Waals surface area contributed by atoms with Gasteiger partial charge in [-0.25, -0.2) is 0 Å². The lowest BCUT2D eigenvalue weighted by atomic mass is 9.95. The first-order valence-corrected chi connectivity index (χ1v) is 14.0. The standard InChI is InChI=1S/C32H32P/c1-2-3-14-26-15-12-22-30(25-26)33(28-18-6-4-7-19-28,29-20-8-5-9-21-29)32-24-13-17-27-16-10-11-23-31(27)32/h4-13,15-24,26H,2-3,14,25H2,1H3/q+1. The van der Waals surface area contributed by atoms with Crippen molar-refractivity contribution in [3.05, 3.63) is 127 Å². The second-order valence-electron chi connectivity index (χ2n) is 8.99. The fraction of sp³-hybridized carbons (Fsp3) is 0.188. The minimum absolute atomic E-state index is 0.617. The summed E-state index contributed by atoms with van der Waals surface area (Å²) in [5, 5.41) is 8.67. The van der Waals surface area contributed by atoms with Gasteiger partial charge in [-0.05, 0) is 54.1 Å². The fourth-order valence-electron chi connectivity index (χ4n) is 5.36. The van der Waals surface area contributed by atoms with Gasteiger partial charge in [-0.3, -0.25) is 0 Å². The Bertz CT molecular complexity index is 1220. The van der Waals surface area contributed by atoms with Crippen LogP contribution in [0.25, 0.3) is 10.8 Å². The lowest BCUT2D eigenvalue weighted by Gasteiger charge is -2.32. The molecule has 0 amide bonds. The van der Waals surface area contributed by atoms with Crippen molar-refractivity contribution in [2.24, 2.45) is 5.92 Å². The molecule has 164 valence electrons. The van der Waals surface area contributed by atoms with Crippen molar-refractivity contribution in [1.29, 1.82) is 0 Å². The maximum atomic E-state index is 2.44. The van der Waals surface area contributed by atoms with Gasteiger partial charge >= 0.3 is 0 Å². The highest BCUT2D eigenvalue weighted by molar-refractivity contribution is 7.99. The molecule has 0 fully saturated rings. The summed E-state index contributed by atoms with van der Waals surface area (Å²) in [5.74, 6) is 0.617. The summed E-state index contributed by atoms with van der Waals surface area (Å²) in [6, 6.07) is 38.4. The van der Waals surface area contributed by atoms with E-state index in [1.54, 1.807) is 5.31 Å². The van der Waals surface area contributed by atoms with Crippen molar-refractivity contribution in [1.82, 2.24) is 0 Å². The van der Waals surface area contributed by atoms with Crippen molar-refractivity contribution in [2.45, 2.75) is 32.6 Å². The van der Waals surface area contributed by atoms with Crippen molar-refractivity contribution in [3.63, 3.8) is 0 Å². The maximum Gasteiger partial charge on any atom is 0.140 e. The Hall–Kier alpha value is -2.95. The van der Waals surface area contributed by atoms with Crippen LogP contribution in [0, 0.1) is 5.92 Å². The van der Waals surface area contributed by atoms with Gasteiger partial charge in [0.1, 0.15) is 23.2 Å². The maximum absolute atomic E-state index is 2.44. The van der Waals surface area contributed by atoms with E-state index >= 15 is 0 Å². The Labute approximate surface area is 199 Å². The first-order valence-electron chi connectivity index (χ1n) is 12.2. The van der Waals surface area contributed by atoms with Crippen LogP contribution in [0.15, 0.2) is 127 Å². The molecular formula is C32H32P+. The van der Waals surface area contributed by atoms with Gasteiger partial charge in [0.15, 0.2) is 0 Å². The average Bonchev–Trinajstić information content (AvgIpc) is 2.90. The number of fused-ring (bicyclic) bond motifs is 1. The van der Waals surface area contributed by atoms with E-state index in [9.17, 15) is 0 Å². The first-order chi connectivity index (χ1) is 16.3. The highest BCUT2D eigenvalue weighted by atomic mass is 31.2. The van der Waals surface area contributed by atoms with E-state index < -0.39 is 7.26 Å². The molecule has 0 saturated heterocycles. The number of hydrogen-bond acceptors (Lipinski definition) is 0. The van der Waals surface area contributed by atoms with Crippen LogP contribution in [0.5, 0.6) is 0 Å². The Morgan fingerprint density at radius 3 is 2.06 bits per heavy atom. The summed E-state index contributed by atoms with van der Waals surface area (Å²) in [5.41, 5.74) is 0. The zero-order valence-electron chi connectivity index (χ0n) is 19.4. The van der Waals surface area contributed by atoms with E-state index in [0.717, 1.165) is 6.42 Å². The van der Waals surface area contributed by atoms with Crippen LogP contribution in [0.2, 0.25) is 0 Å². The van der Waals surface area contributed by atoms with Gasteiger partial charge in [0.05, 0.1) is 5.31 Å². The number of rotatable bonds is 7. The zero-order chi connectivity index (χ0) is 22.5. The Kier molecular flexibility index (Phi) is 6.56. The summed E-state index contributed by atoms with van der Waals surface area (Å²) >= 11 is 0. The molecule has 1 aliphatic rings. The van der Waals surface area contributed by atoms with E-state index in [2.05, 4.69) is 128 Å². The number of hydrogen-bond donors (Lipinski definition) is 0. The normalized spacial score (nSPS) is 16.0. The van der Waals surface area contributed by atoms with Crippen molar-refractivity contribution < 1.29 is 0 Å². The molecule has 0 aliphatic heterocycles. The smallest absolute Gasteiger partial charge is 0.0808 e. The van der Waals surface area contributed by atoms with E-state index in [0.29, 0.717) is 5.92 Å². The molecule has 4 aromatic carbocycles. The molecule has 1 aliphatic carbocycles. The van der Waals surface area contributed by atoms with E-state index in [1.807, 2.05) is 0 Å². The molecular weight excluding hydrogens is 415 g/mol. The molecule has 1 atom stereocenters. The molecule has 0 nitrogen and oxygen atoms in total. The van der Waals surface area contributed by atoms with E-state index in [4.69, 9.17) is 0 Å². The predicted octanol–water partition coefficient (Wildman–Crippen LogP) is 7.78. The SMILES string of the molecule is CCCCC1C=CC=C([P+](c2ccccc2)(c2ccccc2)c2cccc3ccccc23)C1. The summed E-state index contributed by atoms with van der Waals surface area (Å²) in [6.07, 6.45) is 12.2. The van der Waals surface area contributed by atoms with Gasteiger partial charge in [0.25, 0.3) is 0 Å². The Balaban J connectivity index is 1.83. The van der Waals surface area contributed by atoms with E-state index in [-0.39, 0.29) is 0 Å². The van der Waals surface area contributed by atoms with E-state index in [1.165, 1.54) is 45.9 Å². The highest BCUT2D eigenvalue weighted by Gasteiger charge is 2.50. The summed E-state index contributed by atoms with van der Waals surface area (Å²) in [6.45, 7) is 2.30. The summed E-state index contributed by atoms with van der Waals surface area (Å²) in [7, 11) is -2.03. The third kappa shape index (κ3) is 4.09. The van der Waals surface area contributed by atoms with Gasteiger partial charge in [-0.2, -0.15) is 0 Å². The molecule has 5 rings (SSSR count). The third-order valence-electron chi connectivity index (χ3n) is 6.92. The third-order valence-corrected chi connectivity index (χ3v) is 11.4. The lowest BCUT2D eigenvalue weighted by Crippen LogP contribution is -2.33. The van der Waals surface area contributed by atoms with Crippen LogP contribution in [0.4, 0.5) is 0 Å². The van der Waals surface area contributed by atoms with Crippen molar-refractivity contribution in [2.75, 3.05) is 0 Å². The van der Waals surface area contributed by atoms with Crippen LogP contribution in [0.3, 0.4) is 0 Å². The average molecular weight is 448 g/mol. The number of benzene rings is 4. The second kappa shape index (κ2) is 9.90. The number of unbranched alkanes of at least 4 members (excludes halogenated alkanes) is 1. The Morgan fingerprint density at radius 2 is 1.36 bits per heavy atom. The summed E-state index contributed by atoms with van der Waals surface area (Å²) in [4.78, 5) is 0. The van der Waals surface area contributed by atoms with Gasteiger partial charge < -0.3 is 0 Å². The fourth-order valence-corrected chi connectivity index (χ4v) is 10.1. The molecule has 0 saturated carbocycles. The molecule has 0 aromatic heterocycles. The lowest BCUT2D eigenvalue weighted by molar-refractivity contribution is 0.554. The molecule has 4 aromatic rings. The van der Waals surface area contributed by atoms with Gasteiger partial charge in [-0.15, -0.1) is 0 Å². The number of allylic oxidation sites excluding steroid dienone is 4.